The first kappa shape index (κ1) is 7.00. The Morgan fingerprint density at radius 3 is 3.10 bits per heavy atom. The summed E-state index contributed by atoms with van der Waals surface area (Å²) in [6, 6.07) is 3.95. The molecule has 1 radical (unpaired) electrons. The lowest BCUT2D eigenvalue weighted by Crippen LogP contribution is -1.79. The maximum Gasteiger partial charge on any atom is 0.0303 e. The molecule has 0 aromatic carbocycles. The molecule has 0 saturated heterocycles. The molecular formula is C9H10N. The van der Waals surface area contributed by atoms with Crippen LogP contribution in [0.15, 0.2) is 37.2 Å². The van der Waals surface area contributed by atoms with Crippen molar-refractivity contribution in [1.82, 2.24) is 4.98 Å². The Kier molecular flexibility index (Phi) is 2.68. The van der Waals surface area contributed by atoms with Gasteiger partial charge < -0.3 is 0 Å². The average Bonchev–Trinajstić information content (AvgIpc) is 2.03. The van der Waals surface area contributed by atoms with Gasteiger partial charge >= 0.3 is 0 Å². The van der Waals surface area contributed by atoms with Crippen molar-refractivity contribution >= 4 is 0 Å². The number of rotatable bonds is 3. The van der Waals surface area contributed by atoms with Gasteiger partial charge in [-0.05, 0) is 24.5 Å². The van der Waals surface area contributed by atoms with Gasteiger partial charge in [-0.15, -0.1) is 6.58 Å². The highest BCUT2D eigenvalue weighted by Crippen LogP contribution is 2.02. The van der Waals surface area contributed by atoms with E-state index < -0.39 is 0 Å². The van der Waals surface area contributed by atoms with Gasteiger partial charge in [-0.25, -0.2) is 0 Å². The summed E-state index contributed by atoms with van der Waals surface area (Å²) < 4.78 is 0. The molecule has 1 nitrogen and oxygen atoms in total. The molecule has 0 atom stereocenters. The lowest BCUT2D eigenvalue weighted by atomic mass is 10.2. The van der Waals surface area contributed by atoms with Crippen molar-refractivity contribution in [2.75, 3.05) is 0 Å². The second-order valence-corrected chi connectivity index (χ2v) is 2.01. The molecule has 0 fully saturated rings. The van der Waals surface area contributed by atoms with Crippen molar-refractivity contribution < 1.29 is 0 Å². The minimum absolute atomic E-state index is 0.908. The van der Waals surface area contributed by atoms with Crippen LogP contribution >= 0.6 is 0 Å². The highest BCUT2D eigenvalue weighted by atomic mass is 14.6. The first-order chi connectivity index (χ1) is 4.93. The third-order valence-electron chi connectivity index (χ3n) is 1.20. The van der Waals surface area contributed by atoms with Gasteiger partial charge in [0.15, 0.2) is 0 Å². The van der Waals surface area contributed by atoms with Gasteiger partial charge in [-0.2, -0.15) is 0 Å². The average molecular weight is 132 g/mol. The number of pyridine rings is 1. The largest absolute Gasteiger partial charge is 0.264 e. The van der Waals surface area contributed by atoms with Crippen LogP contribution in [0.1, 0.15) is 12.0 Å². The van der Waals surface area contributed by atoms with Crippen molar-refractivity contribution in [2.45, 2.75) is 6.42 Å². The van der Waals surface area contributed by atoms with Crippen LogP contribution in [0, 0.1) is 6.42 Å². The SMILES string of the molecule is C=CC[CH]c1cccnc1. The van der Waals surface area contributed by atoms with Crippen LogP contribution in [0.5, 0.6) is 0 Å². The van der Waals surface area contributed by atoms with Gasteiger partial charge in [-0.3, -0.25) is 4.98 Å². The van der Waals surface area contributed by atoms with Crippen molar-refractivity contribution in [2.24, 2.45) is 0 Å². The van der Waals surface area contributed by atoms with Crippen LogP contribution in [-0.4, -0.2) is 4.98 Å². The fourth-order valence-corrected chi connectivity index (χ4v) is 0.716. The normalized spacial score (nSPS) is 9.20. The zero-order valence-electron chi connectivity index (χ0n) is 5.83. The number of hydrogen-bond acceptors (Lipinski definition) is 1. The van der Waals surface area contributed by atoms with Gasteiger partial charge in [0.25, 0.3) is 0 Å². The van der Waals surface area contributed by atoms with Crippen molar-refractivity contribution in [3.05, 3.63) is 49.2 Å². The second kappa shape index (κ2) is 3.83. The van der Waals surface area contributed by atoms with E-state index in [0.717, 1.165) is 12.0 Å². The van der Waals surface area contributed by atoms with E-state index >= 15 is 0 Å². The third kappa shape index (κ3) is 2.02. The molecule has 1 aromatic heterocycles. The molecule has 0 N–H and O–H groups in total. The van der Waals surface area contributed by atoms with E-state index in [0.29, 0.717) is 0 Å². The Hall–Kier alpha value is -1.11. The van der Waals surface area contributed by atoms with Crippen molar-refractivity contribution in [3.8, 4) is 0 Å². The van der Waals surface area contributed by atoms with Gasteiger partial charge in [0.2, 0.25) is 0 Å². The molecule has 1 rings (SSSR count). The molecular weight excluding hydrogens is 122 g/mol. The van der Waals surface area contributed by atoms with Gasteiger partial charge in [0.1, 0.15) is 0 Å². The lowest BCUT2D eigenvalue weighted by Gasteiger charge is -1.93. The summed E-state index contributed by atoms with van der Waals surface area (Å²) in [5.74, 6) is 0. The zero-order valence-corrected chi connectivity index (χ0v) is 5.83. The maximum absolute atomic E-state index is 3.97. The quantitative estimate of drug-likeness (QED) is 0.574. The molecule has 1 heteroatoms. The number of allylic oxidation sites excluding steroid dienone is 1. The maximum atomic E-state index is 3.97. The fraction of sp³-hybridized carbons (Fsp3) is 0.111. The highest BCUT2D eigenvalue weighted by Gasteiger charge is 1.87. The van der Waals surface area contributed by atoms with Crippen LogP contribution in [0.25, 0.3) is 0 Å². The fourth-order valence-electron chi connectivity index (χ4n) is 0.716. The van der Waals surface area contributed by atoms with E-state index in [9.17, 15) is 0 Å². The lowest BCUT2D eigenvalue weighted by molar-refractivity contribution is 1.20. The first-order valence-electron chi connectivity index (χ1n) is 3.27. The van der Waals surface area contributed by atoms with E-state index in [-0.39, 0.29) is 0 Å². The van der Waals surface area contributed by atoms with Gasteiger partial charge in [0, 0.05) is 12.4 Å². The summed E-state index contributed by atoms with van der Waals surface area (Å²) in [6.07, 6.45) is 8.47. The van der Waals surface area contributed by atoms with E-state index in [4.69, 9.17) is 0 Å². The predicted molar refractivity (Wildman–Crippen MR) is 42.5 cm³/mol. The molecule has 1 heterocycles. The van der Waals surface area contributed by atoms with E-state index in [2.05, 4.69) is 18.0 Å². The minimum Gasteiger partial charge on any atom is -0.264 e. The van der Waals surface area contributed by atoms with Crippen molar-refractivity contribution in [3.63, 3.8) is 0 Å². The number of nitrogens with zero attached hydrogens (tertiary/aromatic N) is 1. The predicted octanol–water partition coefficient (Wildman–Crippen LogP) is 2.21. The Balaban J connectivity index is 2.50. The summed E-state index contributed by atoms with van der Waals surface area (Å²) >= 11 is 0. The topological polar surface area (TPSA) is 12.9 Å². The smallest absolute Gasteiger partial charge is 0.0303 e. The monoisotopic (exact) mass is 132 g/mol. The van der Waals surface area contributed by atoms with Crippen LogP contribution < -0.4 is 0 Å². The molecule has 0 unspecified atom stereocenters. The summed E-state index contributed by atoms with van der Waals surface area (Å²) in [5, 5.41) is 0. The molecule has 10 heavy (non-hydrogen) atoms. The van der Waals surface area contributed by atoms with Crippen LogP contribution in [0.3, 0.4) is 0 Å². The highest BCUT2D eigenvalue weighted by molar-refractivity contribution is 5.18. The van der Waals surface area contributed by atoms with E-state index in [1.54, 1.807) is 6.20 Å². The van der Waals surface area contributed by atoms with E-state index in [1.807, 2.05) is 24.4 Å². The number of aromatic nitrogens is 1. The summed E-state index contributed by atoms with van der Waals surface area (Å²) in [5.41, 5.74) is 1.16. The van der Waals surface area contributed by atoms with Crippen LogP contribution in [0.4, 0.5) is 0 Å². The summed E-state index contributed by atoms with van der Waals surface area (Å²) in [4.78, 5) is 3.97. The third-order valence-corrected chi connectivity index (χ3v) is 1.20. The Morgan fingerprint density at radius 1 is 1.60 bits per heavy atom. The molecule has 1 aromatic rings. The van der Waals surface area contributed by atoms with Crippen LogP contribution in [-0.2, 0) is 0 Å². The van der Waals surface area contributed by atoms with Gasteiger partial charge in [0.05, 0.1) is 0 Å². The summed E-state index contributed by atoms with van der Waals surface area (Å²) in [7, 11) is 0. The Morgan fingerprint density at radius 2 is 2.50 bits per heavy atom. The Bertz CT molecular complexity index is 191. The standard InChI is InChI=1S/C9H10N/c1-2-3-5-9-6-4-7-10-8-9/h2,4-8H,1,3H2. The summed E-state index contributed by atoms with van der Waals surface area (Å²) in [6.45, 7) is 3.62. The molecule has 0 bridgehead atoms. The van der Waals surface area contributed by atoms with Crippen LogP contribution in [0.2, 0.25) is 0 Å². The Labute approximate surface area is 61.4 Å². The molecule has 0 saturated carbocycles. The minimum atomic E-state index is 0.908. The molecule has 0 amide bonds. The molecule has 0 aliphatic heterocycles. The first-order valence-corrected chi connectivity index (χ1v) is 3.27. The van der Waals surface area contributed by atoms with E-state index in [1.165, 1.54) is 0 Å². The molecule has 0 spiro atoms. The molecule has 0 aliphatic rings. The van der Waals surface area contributed by atoms with Crippen molar-refractivity contribution in [1.29, 1.82) is 0 Å². The van der Waals surface area contributed by atoms with Gasteiger partial charge in [-0.1, -0.05) is 12.1 Å². The molecule has 0 aliphatic carbocycles. The number of hydrogen-bond donors (Lipinski definition) is 0. The second-order valence-electron chi connectivity index (χ2n) is 2.01. The zero-order chi connectivity index (χ0) is 7.23. The molecule has 51 valence electrons.